The zero-order valence-electron chi connectivity index (χ0n) is 10.9. The van der Waals surface area contributed by atoms with Gasteiger partial charge in [-0.1, -0.05) is 12.1 Å². The van der Waals surface area contributed by atoms with Gasteiger partial charge in [0.2, 0.25) is 5.89 Å². The monoisotopic (exact) mass is 281 g/mol. The van der Waals surface area contributed by atoms with E-state index in [1.165, 1.54) is 12.1 Å². The first-order chi connectivity index (χ1) is 9.19. The van der Waals surface area contributed by atoms with Crippen LogP contribution in [0.25, 0.3) is 0 Å². The molecule has 0 spiro atoms. The van der Waals surface area contributed by atoms with E-state index >= 15 is 0 Å². The zero-order valence-corrected chi connectivity index (χ0v) is 11.7. The van der Waals surface area contributed by atoms with Crippen molar-refractivity contribution in [1.82, 2.24) is 15.5 Å². The zero-order chi connectivity index (χ0) is 13.7. The minimum absolute atomic E-state index is 0.0575. The number of rotatable bonds is 6. The maximum Gasteiger partial charge on any atom is 0.243 e. The molecule has 4 nitrogen and oxygen atoms in total. The molecule has 0 radical (unpaired) electrons. The van der Waals surface area contributed by atoms with Crippen LogP contribution in [-0.4, -0.2) is 16.7 Å². The molecule has 0 saturated heterocycles. The second kappa shape index (κ2) is 6.68. The third kappa shape index (κ3) is 4.04. The Kier molecular flexibility index (Phi) is 4.93. The molecule has 19 heavy (non-hydrogen) atoms. The van der Waals surface area contributed by atoms with Gasteiger partial charge in [-0.3, -0.25) is 0 Å². The standard InChI is InChI=1S/C13H16FN3OS/c1-3-15-9(2)13-16-12(17-18-13)8-19-11-6-4-10(14)5-7-11/h4-7,9,15H,3,8H2,1-2H3. The quantitative estimate of drug-likeness (QED) is 0.824. The van der Waals surface area contributed by atoms with E-state index < -0.39 is 0 Å². The van der Waals surface area contributed by atoms with Gasteiger partial charge in [0.05, 0.1) is 11.8 Å². The maximum absolute atomic E-state index is 12.8. The average molecular weight is 281 g/mol. The molecule has 0 fully saturated rings. The topological polar surface area (TPSA) is 51.0 Å². The lowest BCUT2D eigenvalue weighted by Crippen LogP contribution is -2.17. The first-order valence-electron chi connectivity index (χ1n) is 6.13. The molecule has 1 N–H and O–H groups in total. The molecule has 6 heteroatoms. The summed E-state index contributed by atoms with van der Waals surface area (Å²) in [6, 6.07) is 6.42. The second-order valence-corrected chi connectivity index (χ2v) is 5.12. The lowest BCUT2D eigenvalue weighted by atomic mass is 10.3. The molecule has 0 aliphatic heterocycles. The Hall–Kier alpha value is -1.40. The Morgan fingerprint density at radius 3 is 2.79 bits per heavy atom. The first kappa shape index (κ1) is 14.0. The van der Waals surface area contributed by atoms with E-state index in [-0.39, 0.29) is 11.9 Å². The largest absolute Gasteiger partial charge is 0.338 e. The highest BCUT2D eigenvalue weighted by molar-refractivity contribution is 7.98. The van der Waals surface area contributed by atoms with Crippen LogP contribution in [0.3, 0.4) is 0 Å². The molecule has 1 atom stereocenters. The summed E-state index contributed by atoms with van der Waals surface area (Å²) in [6.45, 7) is 4.86. The van der Waals surface area contributed by atoms with Crippen LogP contribution in [0.4, 0.5) is 4.39 Å². The summed E-state index contributed by atoms with van der Waals surface area (Å²) in [5.74, 6) is 1.62. The van der Waals surface area contributed by atoms with E-state index in [0.29, 0.717) is 17.5 Å². The van der Waals surface area contributed by atoms with E-state index in [1.54, 1.807) is 23.9 Å². The van der Waals surface area contributed by atoms with Crippen molar-refractivity contribution in [3.05, 3.63) is 41.8 Å². The fourth-order valence-electron chi connectivity index (χ4n) is 1.57. The number of nitrogens with one attached hydrogen (secondary N) is 1. The summed E-state index contributed by atoms with van der Waals surface area (Å²) in [6.07, 6.45) is 0. The number of halogens is 1. The first-order valence-corrected chi connectivity index (χ1v) is 7.12. The Balaban J connectivity index is 1.91. The number of hydrogen-bond acceptors (Lipinski definition) is 5. The van der Waals surface area contributed by atoms with Crippen molar-refractivity contribution in [2.45, 2.75) is 30.5 Å². The fourth-order valence-corrected chi connectivity index (χ4v) is 2.32. The van der Waals surface area contributed by atoms with Crippen LogP contribution >= 0.6 is 11.8 Å². The van der Waals surface area contributed by atoms with E-state index in [0.717, 1.165) is 11.4 Å². The second-order valence-electron chi connectivity index (χ2n) is 4.07. The van der Waals surface area contributed by atoms with Crippen LogP contribution in [0.5, 0.6) is 0 Å². The van der Waals surface area contributed by atoms with Gasteiger partial charge in [0, 0.05) is 4.90 Å². The van der Waals surface area contributed by atoms with Crippen molar-refractivity contribution in [1.29, 1.82) is 0 Å². The molecule has 2 rings (SSSR count). The average Bonchev–Trinajstić information content (AvgIpc) is 2.87. The van der Waals surface area contributed by atoms with Gasteiger partial charge in [-0.05, 0) is 37.7 Å². The minimum atomic E-state index is -0.231. The van der Waals surface area contributed by atoms with Gasteiger partial charge in [-0.15, -0.1) is 11.8 Å². The number of aromatic nitrogens is 2. The van der Waals surface area contributed by atoms with Crippen LogP contribution in [0, 0.1) is 5.82 Å². The highest BCUT2D eigenvalue weighted by Crippen LogP contribution is 2.22. The Labute approximate surface area is 115 Å². The van der Waals surface area contributed by atoms with Crippen molar-refractivity contribution in [2.75, 3.05) is 6.54 Å². The molecule has 0 bridgehead atoms. The SMILES string of the molecule is CCNC(C)c1nc(CSc2ccc(F)cc2)no1. The molecule has 1 unspecified atom stereocenters. The van der Waals surface area contributed by atoms with Crippen LogP contribution in [0.2, 0.25) is 0 Å². The third-order valence-corrected chi connectivity index (χ3v) is 3.55. The van der Waals surface area contributed by atoms with E-state index in [2.05, 4.69) is 15.5 Å². The fraction of sp³-hybridized carbons (Fsp3) is 0.385. The number of benzene rings is 1. The van der Waals surface area contributed by atoms with Gasteiger partial charge in [0.15, 0.2) is 5.82 Å². The summed E-state index contributed by atoms with van der Waals surface area (Å²) < 4.78 is 17.9. The van der Waals surface area contributed by atoms with Gasteiger partial charge < -0.3 is 9.84 Å². The molecule has 0 aliphatic rings. The summed E-state index contributed by atoms with van der Waals surface area (Å²) in [5, 5.41) is 7.14. The number of nitrogens with zero attached hydrogens (tertiary/aromatic N) is 2. The number of thioether (sulfide) groups is 1. The van der Waals surface area contributed by atoms with Gasteiger partial charge in [-0.25, -0.2) is 4.39 Å². The third-order valence-electron chi connectivity index (χ3n) is 2.55. The molecule has 1 aromatic carbocycles. The van der Waals surface area contributed by atoms with Crippen molar-refractivity contribution >= 4 is 11.8 Å². The molecule has 102 valence electrons. The lowest BCUT2D eigenvalue weighted by Gasteiger charge is -2.05. The Morgan fingerprint density at radius 2 is 2.11 bits per heavy atom. The Bertz CT molecular complexity index is 515. The molecule has 1 heterocycles. The Morgan fingerprint density at radius 1 is 1.37 bits per heavy atom. The van der Waals surface area contributed by atoms with Crippen molar-refractivity contribution in [3.8, 4) is 0 Å². The molecule has 0 amide bonds. The lowest BCUT2D eigenvalue weighted by molar-refractivity contribution is 0.339. The van der Waals surface area contributed by atoms with Gasteiger partial charge in [-0.2, -0.15) is 4.98 Å². The van der Waals surface area contributed by atoms with E-state index in [4.69, 9.17) is 4.52 Å². The summed E-state index contributed by atoms with van der Waals surface area (Å²) in [5.41, 5.74) is 0. The normalized spacial score (nSPS) is 12.6. The molecular weight excluding hydrogens is 265 g/mol. The summed E-state index contributed by atoms with van der Waals surface area (Å²) >= 11 is 1.55. The van der Waals surface area contributed by atoms with Crippen molar-refractivity contribution in [3.63, 3.8) is 0 Å². The summed E-state index contributed by atoms with van der Waals surface area (Å²) in [4.78, 5) is 5.31. The van der Waals surface area contributed by atoms with Gasteiger partial charge >= 0.3 is 0 Å². The number of hydrogen-bond donors (Lipinski definition) is 1. The maximum atomic E-state index is 12.8. The van der Waals surface area contributed by atoms with Crippen molar-refractivity contribution < 1.29 is 8.91 Å². The highest BCUT2D eigenvalue weighted by atomic mass is 32.2. The molecule has 2 aromatic rings. The van der Waals surface area contributed by atoms with Gasteiger partial charge in [0.1, 0.15) is 5.82 Å². The highest BCUT2D eigenvalue weighted by Gasteiger charge is 2.12. The van der Waals surface area contributed by atoms with E-state index in [9.17, 15) is 4.39 Å². The van der Waals surface area contributed by atoms with Crippen LogP contribution in [0.1, 0.15) is 31.6 Å². The minimum Gasteiger partial charge on any atom is -0.338 e. The molecular formula is C13H16FN3OS. The van der Waals surface area contributed by atoms with Crippen LogP contribution in [0.15, 0.2) is 33.7 Å². The van der Waals surface area contributed by atoms with Crippen molar-refractivity contribution in [2.24, 2.45) is 0 Å². The predicted octanol–water partition coefficient (Wildman–Crippen LogP) is 3.17. The summed E-state index contributed by atoms with van der Waals surface area (Å²) in [7, 11) is 0. The van der Waals surface area contributed by atoms with Crippen LogP contribution < -0.4 is 5.32 Å². The smallest absolute Gasteiger partial charge is 0.243 e. The molecule has 0 saturated carbocycles. The van der Waals surface area contributed by atoms with E-state index in [1.807, 2.05) is 13.8 Å². The van der Waals surface area contributed by atoms with Gasteiger partial charge in [0.25, 0.3) is 0 Å². The predicted molar refractivity (Wildman–Crippen MR) is 72.4 cm³/mol. The molecule has 0 aliphatic carbocycles. The van der Waals surface area contributed by atoms with Crippen LogP contribution in [-0.2, 0) is 5.75 Å². The molecule has 1 aromatic heterocycles.